The number of halogens is 3. The van der Waals surface area contributed by atoms with Gasteiger partial charge in [0.25, 0.3) is 0 Å². The lowest BCUT2D eigenvalue weighted by atomic mass is 10.0. The van der Waals surface area contributed by atoms with Crippen molar-refractivity contribution < 1.29 is 17.6 Å². The minimum atomic E-state index is -4.58. The molecular weight excluding hydrogens is 375 g/mol. The van der Waals surface area contributed by atoms with Gasteiger partial charge in [0.1, 0.15) is 17.0 Å². The highest BCUT2D eigenvalue weighted by Gasteiger charge is 2.45. The van der Waals surface area contributed by atoms with Crippen molar-refractivity contribution in [2.24, 2.45) is 10.7 Å². The Morgan fingerprint density at radius 3 is 2.50 bits per heavy atom. The van der Waals surface area contributed by atoms with E-state index in [1.165, 1.54) is 6.92 Å². The normalized spacial score (nSPS) is 20.5. The number of alkyl halides is 3. The van der Waals surface area contributed by atoms with E-state index in [2.05, 4.69) is 25.7 Å². The highest BCUT2D eigenvalue weighted by Crippen LogP contribution is 2.34. The summed E-state index contributed by atoms with van der Waals surface area (Å²) >= 11 is 0. The van der Waals surface area contributed by atoms with Gasteiger partial charge in [-0.2, -0.15) is 18.3 Å². The molecule has 3 rings (SSSR count). The van der Waals surface area contributed by atoms with E-state index in [0.717, 1.165) is 6.20 Å². The van der Waals surface area contributed by atoms with Crippen LogP contribution in [0.5, 0.6) is 0 Å². The maximum atomic E-state index is 13.0. The van der Waals surface area contributed by atoms with Crippen LogP contribution in [0.3, 0.4) is 0 Å². The summed E-state index contributed by atoms with van der Waals surface area (Å²) in [6, 6.07) is 0. The molecule has 1 aliphatic rings. The van der Waals surface area contributed by atoms with Gasteiger partial charge in [-0.05, 0) is 34.6 Å². The second-order valence-corrected chi connectivity index (χ2v) is 7.34. The number of anilines is 1. The van der Waals surface area contributed by atoms with Crippen molar-refractivity contribution in [2.75, 3.05) is 5.32 Å². The molecular formula is C17H22F3N7O. The molecule has 0 saturated heterocycles. The van der Waals surface area contributed by atoms with Crippen LogP contribution in [0.2, 0.25) is 0 Å². The van der Waals surface area contributed by atoms with Crippen molar-refractivity contribution in [3.05, 3.63) is 41.5 Å². The summed E-state index contributed by atoms with van der Waals surface area (Å²) in [5.41, 5.74) is 3.37. The Morgan fingerprint density at radius 2 is 1.96 bits per heavy atom. The van der Waals surface area contributed by atoms with Crippen LogP contribution in [-0.4, -0.2) is 32.6 Å². The fourth-order valence-electron chi connectivity index (χ4n) is 2.78. The summed E-state index contributed by atoms with van der Waals surface area (Å²) in [5, 5.41) is 9.91. The Morgan fingerprint density at radius 1 is 1.29 bits per heavy atom. The highest BCUT2D eigenvalue weighted by atomic mass is 19.4. The van der Waals surface area contributed by atoms with Crippen molar-refractivity contribution in [1.82, 2.24) is 20.1 Å². The molecule has 0 aromatic carbocycles. The maximum Gasteiger partial charge on any atom is 0.417 e. The third-order valence-corrected chi connectivity index (χ3v) is 4.42. The third kappa shape index (κ3) is 3.61. The number of aliphatic imine (C=N–C) groups is 1. The molecule has 0 fully saturated rings. The van der Waals surface area contributed by atoms with Crippen LogP contribution >= 0.6 is 0 Å². The molecule has 1 aliphatic heterocycles. The summed E-state index contributed by atoms with van der Waals surface area (Å²) < 4.78 is 46.4. The molecule has 2 aromatic rings. The molecule has 0 bridgehead atoms. The minimum Gasteiger partial charge on any atom is -0.443 e. The number of rotatable bonds is 3. The van der Waals surface area contributed by atoms with Gasteiger partial charge in [-0.1, -0.05) is 0 Å². The summed E-state index contributed by atoms with van der Waals surface area (Å²) in [6.45, 7) is 8.53. The standard InChI is InChI=1S/C17H22F3N7O/c1-9-6-22-13(28-9)15(3,4)27-8-11(10(2)26-27)24-14-23-7-12(17(18,19)20)16(5,21)25-14/h6-8H,21H2,1-5H3,(H2,23,24,25). The zero-order valence-electron chi connectivity index (χ0n) is 16.1. The van der Waals surface area contributed by atoms with Gasteiger partial charge in [0, 0.05) is 6.20 Å². The lowest BCUT2D eigenvalue weighted by molar-refractivity contribution is -0.100. The highest BCUT2D eigenvalue weighted by molar-refractivity contribution is 5.95. The molecule has 11 heteroatoms. The largest absolute Gasteiger partial charge is 0.443 e. The average Bonchev–Trinajstić information content (AvgIpc) is 3.12. The van der Waals surface area contributed by atoms with E-state index in [-0.39, 0.29) is 5.96 Å². The van der Waals surface area contributed by atoms with Crippen LogP contribution in [0.15, 0.2) is 33.6 Å². The van der Waals surface area contributed by atoms with Crippen molar-refractivity contribution in [3.8, 4) is 0 Å². The number of oxazole rings is 1. The van der Waals surface area contributed by atoms with Crippen LogP contribution in [0, 0.1) is 13.8 Å². The van der Waals surface area contributed by atoms with Crippen LogP contribution < -0.4 is 16.4 Å². The Balaban J connectivity index is 1.85. The Hall–Kier alpha value is -2.82. The van der Waals surface area contributed by atoms with Gasteiger partial charge in [-0.3, -0.25) is 4.68 Å². The average molecular weight is 397 g/mol. The first-order valence-electron chi connectivity index (χ1n) is 8.50. The predicted molar refractivity (Wildman–Crippen MR) is 97.6 cm³/mol. The first-order chi connectivity index (χ1) is 12.8. The van der Waals surface area contributed by atoms with Gasteiger partial charge in [0.05, 0.1) is 29.3 Å². The first kappa shape index (κ1) is 19.9. The number of nitrogens with one attached hydrogen (secondary N) is 2. The van der Waals surface area contributed by atoms with Crippen molar-refractivity contribution >= 4 is 11.6 Å². The van der Waals surface area contributed by atoms with Gasteiger partial charge >= 0.3 is 6.18 Å². The first-order valence-corrected chi connectivity index (χ1v) is 8.50. The lowest BCUT2D eigenvalue weighted by Gasteiger charge is -2.30. The van der Waals surface area contributed by atoms with E-state index in [4.69, 9.17) is 10.2 Å². The maximum absolute atomic E-state index is 13.0. The molecule has 1 unspecified atom stereocenters. The van der Waals surface area contributed by atoms with Crippen LogP contribution in [0.4, 0.5) is 18.9 Å². The topological polar surface area (TPSA) is 106 Å². The van der Waals surface area contributed by atoms with E-state index < -0.39 is 23.0 Å². The molecule has 152 valence electrons. The summed E-state index contributed by atoms with van der Waals surface area (Å²) in [6.07, 6.45) is -0.436. The smallest absolute Gasteiger partial charge is 0.417 e. The monoisotopic (exact) mass is 397 g/mol. The third-order valence-electron chi connectivity index (χ3n) is 4.42. The van der Waals surface area contributed by atoms with Gasteiger partial charge in [-0.15, -0.1) is 0 Å². The number of aryl methyl sites for hydroxylation is 2. The van der Waals surface area contributed by atoms with Crippen molar-refractivity contribution in [2.45, 2.75) is 52.0 Å². The summed E-state index contributed by atoms with van der Waals surface area (Å²) in [5.74, 6) is 1.26. The Kier molecular flexibility index (Phi) is 4.53. The fourth-order valence-corrected chi connectivity index (χ4v) is 2.78. The number of hydrogen-bond donors (Lipinski definition) is 3. The molecule has 2 aromatic heterocycles. The summed E-state index contributed by atoms with van der Waals surface area (Å²) in [4.78, 5) is 8.20. The zero-order valence-corrected chi connectivity index (χ0v) is 16.1. The quantitative estimate of drug-likeness (QED) is 0.735. The summed E-state index contributed by atoms with van der Waals surface area (Å²) in [7, 11) is 0. The number of nitrogens with zero attached hydrogens (tertiary/aromatic N) is 4. The fraction of sp³-hybridized carbons (Fsp3) is 0.471. The molecule has 0 spiro atoms. The molecule has 1 atom stereocenters. The van der Waals surface area contributed by atoms with Gasteiger partial charge in [0.15, 0.2) is 0 Å². The molecule has 0 saturated carbocycles. The second-order valence-electron chi connectivity index (χ2n) is 7.34. The Labute approximate surface area is 159 Å². The molecule has 4 N–H and O–H groups in total. The second kappa shape index (κ2) is 6.36. The van der Waals surface area contributed by atoms with Crippen LogP contribution in [0.1, 0.15) is 38.1 Å². The molecule has 0 amide bonds. The van der Waals surface area contributed by atoms with Crippen LogP contribution in [-0.2, 0) is 5.54 Å². The van der Waals surface area contributed by atoms with E-state index in [0.29, 0.717) is 23.0 Å². The van der Waals surface area contributed by atoms with E-state index >= 15 is 0 Å². The lowest BCUT2D eigenvalue weighted by Crippen LogP contribution is -2.49. The molecule has 28 heavy (non-hydrogen) atoms. The number of guanidine groups is 1. The SMILES string of the molecule is Cc1cnc(C(C)(C)n2cc(NC3=NC(C)(N)C(C(F)(F)F)=CN3)c(C)n2)o1. The molecule has 8 nitrogen and oxygen atoms in total. The van der Waals surface area contributed by atoms with E-state index in [1.54, 1.807) is 30.9 Å². The number of aromatic nitrogens is 3. The van der Waals surface area contributed by atoms with Crippen molar-refractivity contribution in [3.63, 3.8) is 0 Å². The van der Waals surface area contributed by atoms with Crippen LogP contribution in [0.25, 0.3) is 0 Å². The van der Waals surface area contributed by atoms with Crippen molar-refractivity contribution in [1.29, 1.82) is 0 Å². The Bertz CT molecular complexity index is 950. The molecule has 0 radical (unpaired) electrons. The van der Waals surface area contributed by atoms with Gasteiger partial charge in [0.2, 0.25) is 11.9 Å². The number of nitrogens with two attached hydrogens (primary N) is 1. The van der Waals surface area contributed by atoms with E-state index in [1.807, 2.05) is 13.8 Å². The number of hydrogen-bond acceptors (Lipinski definition) is 7. The van der Waals surface area contributed by atoms with Gasteiger partial charge in [-0.25, -0.2) is 9.98 Å². The predicted octanol–water partition coefficient (Wildman–Crippen LogP) is 2.76. The zero-order chi connectivity index (χ0) is 20.9. The molecule has 3 heterocycles. The van der Waals surface area contributed by atoms with E-state index in [9.17, 15) is 13.2 Å². The molecule has 0 aliphatic carbocycles. The minimum absolute atomic E-state index is 0.0884. The van der Waals surface area contributed by atoms with Gasteiger partial charge < -0.3 is 20.8 Å².